The van der Waals surface area contributed by atoms with Crippen LogP contribution in [0.4, 0.5) is 4.39 Å². The van der Waals surface area contributed by atoms with E-state index in [1.54, 1.807) is 17.6 Å². The fraction of sp³-hybridized carbons (Fsp3) is 0.429. The van der Waals surface area contributed by atoms with Crippen LogP contribution in [-0.2, 0) is 4.79 Å². The summed E-state index contributed by atoms with van der Waals surface area (Å²) in [7, 11) is 0. The third kappa shape index (κ3) is 3.35. The molecule has 0 spiro atoms. The van der Waals surface area contributed by atoms with Gasteiger partial charge in [-0.2, -0.15) is 0 Å². The first kappa shape index (κ1) is 16.2. The fourth-order valence-corrected chi connectivity index (χ4v) is 2.81. The molecule has 0 fully saturated rings. The molecule has 0 radical (unpaired) electrons. The van der Waals surface area contributed by atoms with Crippen LogP contribution in [0, 0.1) is 10.6 Å². The number of hydrogen-bond donors (Lipinski definition) is 2. The summed E-state index contributed by atoms with van der Waals surface area (Å²) >= 11 is 8.40. The van der Waals surface area contributed by atoms with Gasteiger partial charge < -0.3 is 14.9 Å². The number of fused-ring (bicyclic) bond motifs is 1. The quantitative estimate of drug-likeness (QED) is 0.779. The van der Waals surface area contributed by atoms with E-state index in [4.69, 9.17) is 12.2 Å². The summed E-state index contributed by atoms with van der Waals surface area (Å²) in [5.41, 5.74) is 0.911. The van der Waals surface area contributed by atoms with E-state index in [-0.39, 0.29) is 11.4 Å². The van der Waals surface area contributed by atoms with Gasteiger partial charge in [0.15, 0.2) is 4.77 Å². The molecule has 0 aliphatic heterocycles. The van der Waals surface area contributed by atoms with E-state index in [1.807, 2.05) is 20.8 Å². The monoisotopic (exact) mass is 373 g/mol. The first-order chi connectivity index (χ1) is 9.60. The number of aromatic amines is 1. The van der Waals surface area contributed by atoms with Crippen LogP contribution in [0.5, 0.6) is 0 Å². The van der Waals surface area contributed by atoms with Crippen molar-refractivity contribution in [1.29, 1.82) is 0 Å². The number of rotatable bonds is 2. The van der Waals surface area contributed by atoms with Crippen molar-refractivity contribution in [3.63, 3.8) is 0 Å². The Morgan fingerprint density at radius 2 is 2.10 bits per heavy atom. The number of carbonyl (C=O) groups is 1. The van der Waals surface area contributed by atoms with E-state index in [0.717, 1.165) is 0 Å². The Morgan fingerprint density at radius 3 is 2.67 bits per heavy atom. The number of H-pyrrole nitrogens is 1. The largest absolute Gasteiger partial charge is 0.350 e. The molecule has 1 aromatic heterocycles. The van der Waals surface area contributed by atoms with Gasteiger partial charge in [-0.05, 0) is 61.9 Å². The zero-order valence-corrected chi connectivity index (χ0v) is 14.7. The van der Waals surface area contributed by atoms with Gasteiger partial charge in [0.05, 0.1) is 15.5 Å². The average Bonchev–Trinajstić information content (AvgIpc) is 2.62. The van der Waals surface area contributed by atoms with Crippen molar-refractivity contribution < 1.29 is 9.18 Å². The second-order valence-corrected chi connectivity index (χ2v) is 7.24. The van der Waals surface area contributed by atoms with E-state index in [0.29, 0.717) is 20.3 Å². The number of benzene rings is 1. The third-order valence-corrected chi connectivity index (χ3v) is 3.93. The highest BCUT2D eigenvalue weighted by Crippen LogP contribution is 2.25. The highest BCUT2D eigenvalue weighted by atomic mass is 79.9. The van der Waals surface area contributed by atoms with Gasteiger partial charge in [-0.25, -0.2) is 4.39 Å². The summed E-state index contributed by atoms with van der Waals surface area (Å²) in [4.78, 5) is 15.3. The molecular formula is C14H17BrFN3OS. The minimum atomic E-state index is -0.536. The van der Waals surface area contributed by atoms with Crippen LogP contribution in [0.3, 0.4) is 0 Å². The molecule has 2 rings (SSSR count). The first-order valence-electron chi connectivity index (χ1n) is 6.51. The molecule has 0 saturated carbocycles. The van der Waals surface area contributed by atoms with Gasteiger partial charge in [0, 0.05) is 11.6 Å². The lowest BCUT2D eigenvalue weighted by Gasteiger charge is -2.24. The lowest BCUT2D eigenvalue weighted by Crippen LogP contribution is -2.43. The van der Waals surface area contributed by atoms with Crippen LogP contribution in [-0.4, -0.2) is 21.0 Å². The molecule has 1 heterocycles. The van der Waals surface area contributed by atoms with Gasteiger partial charge in [-0.1, -0.05) is 0 Å². The maximum Gasteiger partial charge on any atom is 0.243 e. The third-order valence-electron chi connectivity index (χ3n) is 3.02. The Labute approximate surface area is 135 Å². The number of hydrogen-bond acceptors (Lipinski definition) is 2. The van der Waals surface area contributed by atoms with Crippen LogP contribution in [0.15, 0.2) is 16.6 Å². The second-order valence-electron chi connectivity index (χ2n) is 6.00. The van der Waals surface area contributed by atoms with Gasteiger partial charge in [0.1, 0.15) is 11.9 Å². The normalized spacial score (nSPS) is 13.4. The molecule has 114 valence electrons. The van der Waals surface area contributed by atoms with Gasteiger partial charge in [0.2, 0.25) is 5.91 Å². The zero-order chi connectivity index (χ0) is 15.9. The summed E-state index contributed by atoms with van der Waals surface area (Å²) in [6.07, 6.45) is 0. The first-order valence-corrected chi connectivity index (χ1v) is 7.71. The van der Waals surface area contributed by atoms with Gasteiger partial charge in [-0.3, -0.25) is 4.79 Å². The smallest absolute Gasteiger partial charge is 0.243 e. The molecule has 0 bridgehead atoms. The molecule has 1 amide bonds. The minimum Gasteiger partial charge on any atom is -0.350 e. The Hall–Kier alpha value is -1.21. The summed E-state index contributed by atoms with van der Waals surface area (Å²) in [5, 5.41) is 2.90. The number of halogens is 2. The van der Waals surface area contributed by atoms with Crippen molar-refractivity contribution in [3.8, 4) is 0 Å². The SMILES string of the molecule is CC(C(=O)NC(C)(C)C)n1c(=S)[nH]c2cc(Br)c(F)cc21. The van der Waals surface area contributed by atoms with Crippen molar-refractivity contribution in [2.24, 2.45) is 0 Å². The van der Waals surface area contributed by atoms with Crippen molar-refractivity contribution in [2.75, 3.05) is 0 Å². The van der Waals surface area contributed by atoms with Gasteiger partial charge >= 0.3 is 0 Å². The second kappa shape index (κ2) is 5.53. The molecular weight excluding hydrogens is 357 g/mol. The van der Waals surface area contributed by atoms with Crippen molar-refractivity contribution in [1.82, 2.24) is 14.9 Å². The molecule has 0 aliphatic carbocycles. The molecule has 0 aliphatic rings. The molecule has 4 nitrogen and oxygen atoms in total. The standard InChI is InChI=1S/C14H17BrFN3OS/c1-7(12(20)18-14(2,3)4)19-11-6-9(16)8(15)5-10(11)17-13(19)21/h5-7H,1-4H3,(H,17,21)(H,18,20). The van der Waals surface area contributed by atoms with E-state index in [1.165, 1.54) is 6.07 Å². The summed E-state index contributed by atoms with van der Waals surface area (Å²) < 4.78 is 16.1. The Kier molecular flexibility index (Phi) is 4.26. The minimum absolute atomic E-state index is 0.164. The number of amides is 1. The molecule has 2 N–H and O–H groups in total. The predicted octanol–water partition coefficient (Wildman–Crippen LogP) is 4.08. The molecule has 0 saturated heterocycles. The maximum atomic E-state index is 13.8. The Morgan fingerprint density at radius 1 is 1.48 bits per heavy atom. The number of nitrogens with zero attached hydrogens (tertiary/aromatic N) is 1. The Balaban J connectivity index is 2.51. The van der Waals surface area contributed by atoms with Crippen molar-refractivity contribution >= 4 is 45.1 Å². The molecule has 2 aromatic rings. The molecule has 21 heavy (non-hydrogen) atoms. The van der Waals surface area contributed by atoms with Crippen LogP contribution in [0.1, 0.15) is 33.7 Å². The van der Waals surface area contributed by atoms with E-state index >= 15 is 0 Å². The predicted molar refractivity (Wildman–Crippen MR) is 87.4 cm³/mol. The highest BCUT2D eigenvalue weighted by molar-refractivity contribution is 9.10. The maximum absolute atomic E-state index is 13.8. The number of carbonyl (C=O) groups excluding carboxylic acids is 1. The lowest BCUT2D eigenvalue weighted by molar-refractivity contribution is -0.125. The summed E-state index contributed by atoms with van der Waals surface area (Å²) in [6, 6.07) is 2.45. The zero-order valence-electron chi connectivity index (χ0n) is 12.3. The van der Waals surface area contributed by atoms with Crippen molar-refractivity contribution in [2.45, 2.75) is 39.3 Å². The van der Waals surface area contributed by atoms with Crippen LogP contribution in [0.25, 0.3) is 11.0 Å². The summed E-state index contributed by atoms with van der Waals surface area (Å²) in [5.74, 6) is -0.559. The fourth-order valence-electron chi connectivity index (χ4n) is 2.10. The summed E-state index contributed by atoms with van der Waals surface area (Å²) in [6.45, 7) is 7.46. The molecule has 1 aromatic carbocycles. The van der Waals surface area contributed by atoms with Crippen molar-refractivity contribution in [3.05, 3.63) is 27.2 Å². The van der Waals surface area contributed by atoms with Gasteiger partial charge in [0.25, 0.3) is 0 Å². The molecule has 1 atom stereocenters. The lowest BCUT2D eigenvalue weighted by atomic mass is 10.1. The van der Waals surface area contributed by atoms with Gasteiger partial charge in [-0.15, -0.1) is 0 Å². The molecule has 1 unspecified atom stereocenters. The highest BCUT2D eigenvalue weighted by Gasteiger charge is 2.23. The number of aromatic nitrogens is 2. The van der Waals surface area contributed by atoms with Crippen LogP contribution >= 0.6 is 28.1 Å². The number of imidazole rings is 1. The van der Waals surface area contributed by atoms with E-state index in [2.05, 4.69) is 26.2 Å². The topological polar surface area (TPSA) is 49.8 Å². The van der Waals surface area contributed by atoms with E-state index in [9.17, 15) is 9.18 Å². The van der Waals surface area contributed by atoms with Crippen LogP contribution < -0.4 is 5.32 Å². The van der Waals surface area contributed by atoms with Crippen LogP contribution in [0.2, 0.25) is 0 Å². The number of nitrogens with one attached hydrogen (secondary N) is 2. The Bertz CT molecular complexity index is 760. The molecule has 7 heteroatoms. The average molecular weight is 374 g/mol. The van der Waals surface area contributed by atoms with E-state index < -0.39 is 11.9 Å².